The van der Waals surface area contributed by atoms with Gasteiger partial charge in [0, 0.05) is 12.7 Å². The van der Waals surface area contributed by atoms with Crippen molar-refractivity contribution < 1.29 is 35.9 Å². The Morgan fingerprint density at radius 1 is 1.19 bits per heavy atom. The molecule has 1 aliphatic heterocycles. The third-order valence-electron chi connectivity index (χ3n) is 5.40. The molecule has 0 spiro atoms. The number of alkyl halides is 6. The number of rotatable bonds is 4. The molecule has 0 saturated carbocycles. The number of halogens is 6. The lowest BCUT2D eigenvalue weighted by Gasteiger charge is -2.27. The molecule has 2 aromatic rings. The number of ether oxygens (including phenoxy) is 1. The maximum Gasteiger partial charge on any atom is 0.418 e. The number of carbonyl (C=O) groups is 1. The lowest BCUT2D eigenvalue weighted by Crippen LogP contribution is -2.33. The van der Waals surface area contributed by atoms with E-state index in [0.717, 1.165) is 11.1 Å². The molecule has 1 atom stereocenters. The maximum atomic E-state index is 13.4. The molecule has 4 nitrogen and oxygen atoms in total. The average molecular weight is 446 g/mol. The van der Waals surface area contributed by atoms with Crippen molar-refractivity contribution in [2.75, 3.05) is 13.7 Å². The maximum absolute atomic E-state index is 13.4. The monoisotopic (exact) mass is 446 g/mol. The molecule has 1 aromatic heterocycles. The van der Waals surface area contributed by atoms with Crippen LogP contribution in [-0.4, -0.2) is 29.4 Å². The van der Waals surface area contributed by atoms with Gasteiger partial charge in [0.1, 0.15) is 5.75 Å². The summed E-state index contributed by atoms with van der Waals surface area (Å²) in [6.45, 7) is 2.16. The van der Waals surface area contributed by atoms with Gasteiger partial charge in [-0.05, 0) is 43.0 Å². The zero-order chi connectivity index (χ0) is 23.0. The molecule has 0 N–H and O–H groups in total. The lowest BCUT2D eigenvalue weighted by atomic mass is 9.98. The van der Waals surface area contributed by atoms with Crippen LogP contribution >= 0.6 is 0 Å². The molecule has 3 rings (SSSR count). The van der Waals surface area contributed by atoms with Crippen LogP contribution in [0.1, 0.15) is 46.8 Å². The van der Waals surface area contributed by atoms with E-state index in [2.05, 4.69) is 4.98 Å². The first-order valence-electron chi connectivity index (χ1n) is 9.49. The summed E-state index contributed by atoms with van der Waals surface area (Å²) in [6, 6.07) is 5.00. The Morgan fingerprint density at radius 2 is 1.90 bits per heavy atom. The van der Waals surface area contributed by atoms with Gasteiger partial charge in [0.15, 0.2) is 0 Å². The van der Waals surface area contributed by atoms with Gasteiger partial charge in [-0.1, -0.05) is 12.1 Å². The molecule has 1 aromatic carbocycles. The quantitative estimate of drug-likeness (QED) is 0.596. The predicted octanol–water partition coefficient (Wildman–Crippen LogP) is 5.34. The van der Waals surface area contributed by atoms with E-state index in [1.54, 1.807) is 12.1 Å². The first-order chi connectivity index (χ1) is 14.4. The topological polar surface area (TPSA) is 42.4 Å². The van der Waals surface area contributed by atoms with E-state index in [0.29, 0.717) is 31.3 Å². The van der Waals surface area contributed by atoms with Crippen LogP contribution < -0.4 is 4.74 Å². The zero-order valence-electron chi connectivity index (χ0n) is 16.8. The largest absolute Gasteiger partial charge is 0.496 e. The number of nitrogens with zero attached hydrogens (tertiary/aromatic N) is 2. The van der Waals surface area contributed by atoms with E-state index in [1.165, 1.54) is 12.0 Å². The van der Waals surface area contributed by atoms with Crippen molar-refractivity contribution in [2.24, 2.45) is 0 Å². The van der Waals surface area contributed by atoms with Gasteiger partial charge in [-0.25, -0.2) is 0 Å². The third-order valence-corrected chi connectivity index (χ3v) is 5.40. The molecule has 10 heteroatoms. The number of amides is 1. The van der Waals surface area contributed by atoms with Crippen LogP contribution in [0.15, 0.2) is 30.5 Å². The number of pyridine rings is 1. The molecule has 31 heavy (non-hydrogen) atoms. The summed E-state index contributed by atoms with van der Waals surface area (Å²) in [5.41, 5.74) is -2.15. The summed E-state index contributed by atoms with van der Waals surface area (Å²) in [5, 5.41) is 0. The van der Waals surface area contributed by atoms with Crippen molar-refractivity contribution in [1.82, 2.24) is 9.88 Å². The molecule has 0 radical (unpaired) electrons. The van der Waals surface area contributed by atoms with Gasteiger partial charge in [0.2, 0.25) is 5.91 Å². The van der Waals surface area contributed by atoms with E-state index in [9.17, 15) is 31.1 Å². The number of aromatic nitrogens is 1. The Bertz CT molecular complexity index is 971. The number of likely N-dealkylation sites (tertiary alicyclic amines) is 1. The molecule has 0 aliphatic carbocycles. The van der Waals surface area contributed by atoms with Crippen LogP contribution in [0.25, 0.3) is 0 Å². The lowest BCUT2D eigenvalue weighted by molar-refractivity contribution is -0.144. The standard InChI is InChI=1S/C21H20F6N2O2/c1-12-14(5-3-7-18(12)31-2)17-6-4-8-29(17)19(30)10-16-15(21(25,26)27)9-13(11-28-16)20(22,23)24/h3,5,7,9,11,17H,4,6,8,10H2,1-2H3/t17-/m0/s1. The van der Waals surface area contributed by atoms with Gasteiger partial charge in [-0.3, -0.25) is 9.78 Å². The predicted molar refractivity (Wildman–Crippen MR) is 99.4 cm³/mol. The Hall–Kier alpha value is -2.78. The van der Waals surface area contributed by atoms with E-state index in [4.69, 9.17) is 4.74 Å². The SMILES string of the molecule is COc1cccc([C@@H]2CCCN2C(=O)Cc2ncc(C(F)(F)F)cc2C(F)(F)F)c1C. The molecule has 2 heterocycles. The van der Waals surface area contributed by atoms with Gasteiger partial charge in [0.25, 0.3) is 0 Å². The van der Waals surface area contributed by atoms with Crippen LogP contribution in [-0.2, 0) is 23.6 Å². The fraction of sp³-hybridized carbons (Fsp3) is 0.429. The highest BCUT2D eigenvalue weighted by atomic mass is 19.4. The number of hydrogen-bond acceptors (Lipinski definition) is 3. The fourth-order valence-electron chi connectivity index (χ4n) is 3.88. The summed E-state index contributed by atoms with van der Waals surface area (Å²) >= 11 is 0. The van der Waals surface area contributed by atoms with Gasteiger partial charge in [0.05, 0.1) is 36.4 Å². The highest BCUT2D eigenvalue weighted by Gasteiger charge is 2.40. The second kappa shape index (κ2) is 8.39. The normalized spacial score (nSPS) is 17.2. The molecule has 0 bridgehead atoms. The highest BCUT2D eigenvalue weighted by Crippen LogP contribution is 2.39. The van der Waals surface area contributed by atoms with Gasteiger partial charge < -0.3 is 9.64 Å². The van der Waals surface area contributed by atoms with Crippen LogP contribution in [0.5, 0.6) is 5.75 Å². The molecular formula is C21H20F6N2O2. The molecule has 1 amide bonds. The van der Waals surface area contributed by atoms with E-state index < -0.39 is 41.5 Å². The molecule has 168 valence electrons. The molecule has 1 aliphatic rings. The summed E-state index contributed by atoms with van der Waals surface area (Å²) in [6.07, 6.45) is -9.19. The molecule has 1 saturated heterocycles. The van der Waals surface area contributed by atoms with Gasteiger partial charge in [-0.15, -0.1) is 0 Å². The first kappa shape index (κ1) is 22.9. The minimum atomic E-state index is -5.07. The van der Waals surface area contributed by atoms with Crippen LogP contribution in [0.2, 0.25) is 0 Å². The fourth-order valence-corrected chi connectivity index (χ4v) is 3.88. The summed E-state index contributed by atoms with van der Waals surface area (Å²) in [5.74, 6) is 0.00282. The Balaban J connectivity index is 1.91. The Labute approximate surface area is 174 Å². The van der Waals surface area contributed by atoms with Crippen molar-refractivity contribution in [3.05, 3.63) is 58.4 Å². The second-order valence-electron chi connectivity index (χ2n) is 7.31. The smallest absolute Gasteiger partial charge is 0.418 e. The van der Waals surface area contributed by atoms with Crippen molar-refractivity contribution >= 4 is 5.91 Å². The van der Waals surface area contributed by atoms with Crippen LogP contribution in [0, 0.1) is 6.92 Å². The van der Waals surface area contributed by atoms with Crippen molar-refractivity contribution in [1.29, 1.82) is 0 Å². The Morgan fingerprint density at radius 3 is 2.52 bits per heavy atom. The highest BCUT2D eigenvalue weighted by molar-refractivity contribution is 5.79. The molecule has 0 unspecified atom stereocenters. The molecular weight excluding hydrogens is 426 g/mol. The van der Waals surface area contributed by atoms with Crippen molar-refractivity contribution in [3.8, 4) is 5.75 Å². The summed E-state index contributed by atoms with van der Waals surface area (Å²) < 4.78 is 84.0. The number of carbonyl (C=O) groups excluding carboxylic acids is 1. The number of benzene rings is 1. The van der Waals surface area contributed by atoms with Crippen LogP contribution in [0.4, 0.5) is 26.3 Å². The molecule has 1 fully saturated rings. The van der Waals surface area contributed by atoms with E-state index in [1.807, 2.05) is 13.0 Å². The number of hydrogen-bond donors (Lipinski definition) is 0. The zero-order valence-corrected chi connectivity index (χ0v) is 16.8. The van der Waals surface area contributed by atoms with Gasteiger partial charge in [-0.2, -0.15) is 26.3 Å². The first-order valence-corrected chi connectivity index (χ1v) is 9.49. The van der Waals surface area contributed by atoms with Crippen LogP contribution in [0.3, 0.4) is 0 Å². The average Bonchev–Trinajstić information content (AvgIpc) is 3.16. The second-order valence-corrected chi connectivity index (χ2v) is 7.31. The van der Waals surface area contributed by atoms with E-state index in [-0.39, 0.29) is 12.1 Å². The minimum Gasteiger partial charge on any atom is -0.496 e. The Kier molecular flexibility index (Phi) is 6.20. The minimum absolute atomic E-state index is 0.00326. The summed E-state index contributed by atoms with van der Waals surface area (Å²) in [7, 11) is 1.51. The third kappa shape index (κ3) is 4.77. The summed E-state index contributed by atoms with van der Waals surface area (Å²) in [4.78, 5) is 17.7. The van der Waals surface area contributed by atoms with Crippen molar-refractivity contribution in [3.63, 3.8) is 0 Å². The van der Waals surface area contributed by atoms with Gasteiger partial charge >= 0.3 is 12.4 Å². The van der Waals surface area contributed by atoms with E-state index >= 15 is 0 Å². The number of methoxy groups -OCH3 is 1. The van der Waals surface area contributed by atoms with Crippen molar-refractivity contribution in [2.45, 2.75) is 44.6 Å².